The van der Waals surface area contributed by atoms with Crippen molar-refractivity contribution in [3.05, 3.63) is 48.4 Å². The van der Waals surface area contributed by atoms with Crippen LogP contribution in [0.3, 0.4) is 0 Å². The first kappa shape index (κ1) is 12.0. The molecule has 0 bridgehead atoms. The largest absolute Gasteiger partial charge is 0.488 e. The van der Waals surface area contributed by atoms with Crippen molar-refractivity contribution >= 4 is 23.7 Å². The van der Waals surface area contributed by atoms with E-state index in [-0.39, 0.29) is 0 Å². The number of oxazole rings is 1. The maximum Gasteiger partial charge on any atom is 0.488 e. The summed E-state index contributed by atoms with van der Waals surface area (Å²) in [5.74, 6) is 0.644. The summed E-state index contributed by atoms with van der Waals surface area (Å²) in [5, 5.41) is 18.1. The molecule has 1 heterocycles. The van der Waals surface area contributed by atoms with E-state index in [1.54, 1.807) is 12.1 Å². The number of fused-ring (bicyclic) bond motifs is 1. The molecule has 0 aliphatic rings. The normalized spacial score (nSPS) is 10.9. The van der Waals surface area contributed by atoms with Gasteiger partial charge in [-0.1, -0.05) is 30.3 Å². The molecule has 5 heteroatoms. The lowest BCUT2D eigenvalue weighted by atomic mass is 9.80. The number of aromatic nitrogens is 1. The van der Waals surface area contributed by atoms with Crippen molar-refractivity contribution in [3.8, 4) is 11.1 Å². The highest BCUT2D eigenvalue weighted by Crippen LogP contribution is 2.24. The van der Waals surface area contributed by atoms with Gasteiger partial charge in [-0.2, -0.15) is 0 Å². The van der Waals surface area contributed by atoms with Crippen LogP contribution in [-0.2, 0) is 0 Å². The van der Waals surface area contributed by atoms with Crippen LogP contribution in [0.15, 0.2) is 46.9 Å². The van der Waals surface area contributed by atoms with E-state index in [0.717, 1.165) is 22.2 Å². The number of hydrogen-bond acceptors (Lipinski definition) is 4. The Morgan fingerprint density at radius 2 is 1.68 bits per heavy atom. The molecule has 2 aromatic carbocycles. The second-order valence-corrected chi connectivity index (χ2v) is 4.41. The van der Waals surface area contributed by atoms with Gasteiger partial charge in [-0.15, -0.1) is 0 Å². The minimum absolute atomic E-state index is 0.474. The topological polar surface area (TPSA) is 66.5 Å². The fourth-order valence-corrected chi connectivity index (χ4v) is 2.07. The maximum absolute atomic E-state index is 9.06. The molecule has 4 nitrogen and oxygen atoms in total. The monoisotopic (exact) mass is 253 g/mol. The number of nitrogens with zero attached hydrogens (tertiary/aromatic N) is 1. The second kappa shape index (κ2) is 4.53. The quantitative estimate of drug-likeness (QED) is 0.679. The third-order valence-corrected chi connectivity index (χ3v) is 3.04. The van der Waals surface area contributed by atoms with Crippen molar-refractivity contribution in [3.63, 3.8) is 0 Å². The summed E-state index contributed by atoms with van der Waals surface area (Å²) in [6.45, 7) is 1.82. The number of rotatable bonds is 2. The molecule has 3 aromatic rings. The molecular weight excluding hydrogens is 241 g/mol. The molecule has 0 aliphatic heterocycles. The predicted octanol–water partition coefficient (Wildman–Crippen LogP) is 1.48. The lowest BCUT2D eigenvalue weighted by Gasteiger charge is -2.03. The Bertz CT molecular complexity index is 719. The van der Waals surface area contributed by atoms with Crippen molar-refractivity contribution in [2.24, 2.45) is 0 Å². The molecule has 0 atom stereocenters. The molecule has 0 unspecified atom stereocenters. The average Bonchev–Trinajstić information content (AvgIpc) is 2.77. The van der Waals surface area contributed by atoms with Gasteiger partial charge in [0.15, 0.2) is 11.5 Å². The molecule has 0 fully saturated rings. The SMILES string of the molecule is Cc1nc2cc(-c3ccc(B(O)O)cc3)ccc2o1. The first-order chi connectivity index (χ1) is 9.13. The van der Waals surface area contributed by atoms with E-state index in [0.29, 0.717) is 11.4 Å². The Morgan fingerprint density at radius 1 is 1.00 bits per heavy atom. The van der Waals surface area contributed by atoms with Gasteiger partial charge in [0.25, 0.3) is 0 Å². The molecule has 2 N–H and O–H groups in total. The van der Waals surface area contributed by atoms with E-state index in [2.05, 4.69) is 4.98 Å². The standard InChI is InChI=1S/C14H12BNO3/c1-9-16-13-8-11(4-7-14(13)19-9)10-2-5-12(6-3-10)15(17)18/h2-8,17-18H,1H3. The van der Waals surface area contributed by atoms with E-state index in [1.165, 1.54) is 0 Å². The first-order valence-electron chi connectivity index (χ1n) is 5.97. The van der Waals surface area contributed by atoms with Crippen molar-refractivity contribution in [2.45, 2.75) is 6.92 Å². The van der Waals surface area contributed by atoms with Crippen molar-refractivity contribution in [2.75, 3.05) is 0 Å². The van der Waals surface area contributed by atoms with Gasteiger partial charge in [0.1, 0.15) is 5.52 Å². The van der Waals surface area contributed by atoms with Gasteiger partial charge in [-0.25, -0.2) is 4.98 Å². The van der Waals surface area contributed by atoms with Crippen LogP contribution >= 0.6 is 0 Å². The molecule has 0 spiro atoms. The summed E-state index contributed by atoms with van der Waals surface area (Å²) in [6.07, 6.45) is 0. The summed E-state index contributed by atoms with van der Waals surface area (Å²) in [4.78, 5) is 4.30. The second-order valence-electron chi connectivity index (χ2n) is 4.41. The number of aryl methyl sites for hydroxylation is 1. The van der Waals surface area contributed by atoms with Gasteiger partial charge in [-0.05, 0) is 28.7 Å². The van der Waals surface area contributed by atoms with Gasteiger partial charge >= 0.3 is 7.12 Å². The van der Waals surface area contributed by atoms with E-state index in [4.69, 9.17) is 14.5 Å². The Kier molecular flexibility index (Phi) is 2.85. The third-order valence-electron chi connectivity index (χ3n) is 3.04. The molecule has 1 aromatic heterocycles. The Hall–Kier alpha value is -2.11. The Morgan fingerprint density at radius 3 is 2.37 bits per heavy atom. The molecule has 0 radical (unpaired) electrons. The van der Waals surface area contributed by atoms with E-state index < -0.39 is 7.12 Å². The summed E-state index contributed by atoms with van der Waals surface area (Å²) >= 11 is 0. The Balaban J connectivity index is 2.03. The fourth-order valence-electron chi connectivity index (χ4n) is 2.07. The lowest BCUT2D eigenvalue weighted by molar-refractivity contribution is 0.426. The summed E-state index contributed by atoms with van der Waals surface area (Å²) in [7, 11) is -1.44. The van der Waals surface area contributed by atoms with Crippen LogP contribution in [0.5, 0.6) is 0 Å². The fraction of sp³-hybridized carbons (Fsp3) is 0.0714. The summed E-state index contributed by atoms with van der Waals surface area (Å²) in [6, 6.07) is 12.9. The van der Waals surface area contributed by atoms with Crippen molar-refractivity contribution in [1.82, 2.24) is 4.98 Å². The van der Waals surface area contributed by atoms with Gasteiger partial charge in [0, 0.05) is 6.92 Å². The highest BCUT2D eigenvalue weighted by molar-refractivity contribution is 6.58. The molecule has 94 valence electrons. The highest BCUT2D eigenvalue weighted by Gasteiger charge is 2.10. The zero-order valence-corrected chi connectivity index (χ0v) is 10.4. The van der Waals surface area contributed by atoms with Gasteiger partial charge in [-0.3, -0.25) is 0 Å². The third kappa shape index (κ3) is 2.25. The summed E-state index contributed by atoms with van der Waals surface area (Å²) in [5.41, 5.74) is 4.07. The maximum atomic E-state index is 9.06. The van der Waals surface area contributed by atoms with Crippen LogP contribution in [-0.4, -0.2) is 22.2 Å². The lowest BCUT2D eigenvalue weighted by Crippen LogP contribution is -2.29. The van der Waals surface area contributed by atoms with Crippen LogP contribution in [0.1, 0.15) is 5.89 Å². The molecule has 0 saturated heterocycles. The minimum atomic E-state index is -1.44. The number of benzene rings is 2. The molecule has 0 amide bonds. The number of hydrogen-bond donors (Lipinski definition) is 2. The van der Waals surface area contributed by atoms with Gasteiger partial charge in [0.2, 0.25) is 0 Å². The molecule has 3 rings (SSSR count). The van der Waals surface area contributed by atoms with Crippen molar-refractivity contribution in [1.29, 1.82) is 0 Å². The molecular formula is C14H12BNO3. The van der Waals surface area contributed by atoms with Crippen LogP contribution in [0.4, 0.5) is 0 Å². The molecule has 0 saturated carbocycles. The molecule has 19 heavy (non-hydrogen) atoms. The van der Waals surface area contributed by atoms with E-state index in [9.17, 15) is 0 Å². The van der Waals surface area contributed by atoms with Crippen molar-refractivity contribution < 1.29 is 14.5 Å². The van der Waals surface area contributed by atoms with Crippen LogP contribution in [0, 0.1) is 6.92 Å². The minimum Gasteiger partial charge on any atom is -0.441 e. The van der Waals surface area contributed by atoms with Crippen LogP contribution < -0.4 is 5.46 Å². The van der Waals surface area contributed by atoms with Crippen LogP contribution in [0.2, 0.25) is 0 Å². The highest BCUT2D eigenvalue weighted by atomic mass is 16.4. The van der Waals surface area contributed by atoms with E-state index >= 15 is 0 Å². The zero-order chi connectivity index (χ0) is 13.4. The average molecular weight is 253 g/mol. The first-order valence-corrected chi connectivity index (χ1v) is 5.97. The molecule has 0 aliphatic carbocycles. The zero-order valence-electron chi connectivity index (χ0n) is 10.4. The predicted molar refractivity (Wildman–Crippen MR) is 74.0 cm³/mol. The van der Waals surface area contributed by atoms with Gasteiger partial charge < -0.3 is 14.5 Å². The van der Waals surface area contributed by atoms with Gasteiger partial charge in [0.05, 0.1) is 0 Å². The Labute approximate surface area is 110 Å². The summed E-state index contributed by atoms with van der Waals surface area (Å²) < 4.78 is 5.43. The van der Waals surface area contributed by atoms with E-state index in [1.807, 2.05) is 37.3 Å². The smallest absolute Gasteiger partial charge is 0.441 e. The van der Waals surface area contributed by atoms with Crippen LogP contribution in [0.25, 0.3) is 22.2 Å².